The van der Waals surface area contributed by atoms with Crippen molar-refractivity contribution in [1.82, 2.24) is 4.98 Å². The van der Waals surface area contributed by atoms with Crippen LogP contribution in [-0.2, 0) is 16.1 Å². The van der Waals surface area contributed by atoms with Crippen molar-refractivity contribution in [3.05, 3.63) is 62.4 Å². The van der Waals surface area contributed by atoms with E-state index in [1.165, 1.54) is 30.6 Å². The standard InChI is InChI=1S/C18H15NO5S/c1-11-19-13(10-25-11)3-6-17(20)23-9-12-7-18(21)24-16-8-14(22-2)4-5-15(12)16/h3-8,10H,9H2,1-2H3/b6-3+. The van der Waals surface area contributed by atoms with Crippen molar-refractivity contribution in [2.24, 2.45) is 0 Å². The van der Waals surface area contributed by atoms with Crippen LogP contribution < -0.4 is 10.4 Å². The van der Waals surface area contributed by atoms with Gasteiger partial charge in [-0.1, -0.05) is 0 Å². The van der Waals surface area contributed by atoms with E-state index in [0.29, 0.717) is 28.0 Å². The lowest BCUT2D eigenvalue weighted by Gasteiger charge is -2.07. The molecule has 2 heterocycles. The molecule has 7 heteroatoms. The smallest absolute Gasteiger partial charge is 0.336 e. The van der Waals surface area contributed by atoms with Gasteiger partial charge >= 0.3 is 11.6 Å². The lowest BCUT2D eigenvalue weighted by Crippen LogP contribution is -2.05. The van der Waals surface area contributed by atoms with Gasteiger partial charge < -0.3 is 13.9 Å². The third-order valence-electron chi connectivity index (χ3n) is 3.43. The number of ether oxygens (including phenoxy) is 2. The van der Waals surface area contributed by atoms with Crippen LogP contribution in [0.15, 0.2) is 44.9 Å². The van der Waals surface area contributed by atoms with Crippen LogP contribution in [0.25, 0.3) is 17.0 Å². The molecule has 25 heavy (non-hydrogen) atoms. The Morgan fingerprint density at radius 1 is 1.36 bits per heavy atom. The Morgan fingerprint density at radius 2 is 2.20 bits per heavy atom. The van der Waals surface area contributed by atoms with Crippen LogP contribution in [0, 0.1) is 6.92 Å². The molecule has 1 aromatic carbocycles. The molecule has 0 spiro atoms. The van der Waals surface area contributed by atoms with Crippen LogP contribution in [0.1, 0.15) is 16.3 Å². The number of esters is 1. The van der Waals surface area contributed by atoms with Crippen molar-refractivity contribution >= 4 is 34.4 Å². The fourth-order valence-electron chi connectivity index (χ4n) is 2.26. The molecule has 0 atom stereocenters. The predicted molar refractivity (Wildman–Crippen MR) is 94.7 cm³/mol. The summed E-state index contributed by atoms with van der Waals surface area (Å²) < 4.78 is 15.5. The maximum atomic E-state index is 11.9. The maximum absolute atomic E-state index is 11.9. The highest BCUT2D eigenvalue weighted by Crippen LogP contribution is 2.23. The Labute approximate surface area is 147 Å². The van der Waals surface area contributed by atoms with E-state index in [1.807, 2.05) is 12.3 Å². The molecule has 0 radical (unpaired) electrons. The summed E-state index contributed by atoms with van der Waals surface area (Å²) in [6.07, 6.45) is 2.90. The number of thiazole rings is 1. The van der Waals surface area contributed by atoms with Crippen molar-refractivity contribution in [1.29, 1.82) is 0 Å². The number of carbonyl (C=O) groups excluding carboxylic acids is 1. The summed E-state index contributed by atoms with van der Waals surface area (Å²) in [6.45, 7) is 1.86. The molecule has 0 aliphatic heterocycles. The van der Waals surface area contributed by atoms with Crippen LogP contribution in [-0.4, -0.2) is 18.1 Å². The minimum Gasteiger partial charge on any atom is -0.497 e. The van der Waals surface area contributed by atoms with Crippen molar-refractivity contribution in [3.8, 4) is 5.75 Å². The van der Waals surface area contributed by atoms with E-state index >= 15 is 0 Å². The molecule has 3 aromatic rings. The molecule has 0 N–H and O–H groups in total. The van der Waals surface area contributed by atoms with Gasteiger partial charge in [0.15, 0.2) is 0 Å². The van der Waals surface area contributed by atoms with Crippen LogP contribution >= 0.6 is 11.3 Å². The fourth-order valence-corrected chi connectivity index (χ4v) is 2.84. The zero-order chi connectivity index (χ0) is 17.8. The average Bonchev–Trinajstić information content (AvgIpc) is 3.02. The molecule has 0 saturated carbocycles. The number of aromatic nitrogens is 1. The highest BCUT2D eigenvalue weighted by Gasteiger charge is 2.09. The number of aryl methyl sites for hydroxylation is 1. The molecule has 3 rings (SSSR count). The molecule has 0 amide bonds. The highest BCUT2D eigenvalue weighted by molar-refractivity contribution is 7.09. The summed E-state index contributed by atoms with van der Waals surface area (Å²) in [5, 5.41) is 3.46. The Balaban J connectivity index is 1.75. The van der Waals surface area contributed by atoms with Gasteiger partial charge in [0, 0.05) is 34.5 Å². The largest absolute Gasteiger partial charge is 0.497 e. The van der Waals surface area contributed by atoms with E-state index < -0.39 is 11.6 Å². The van der Waals surface area contributed by atoms with E-state index in [1.54, 1.807) is 24.3 Å². The van der Waals surface area contributed by atoms with E-state index in [2.05, 4.69) is 4.98 Å². The number of methoxy groups -OCH3 is 1. The third kappa shape index (κ3) is 4.13. The van der Waals surface area contributed by atoms with Gasteiger partial charge in [-0.05, 0) is 25.1 Å². The van der Waals surface area contributed by atoms with E-state index in [-0.39, 0.29) is 6.61 Å². The quantitative estimate of drug-likeness (QED) is 0.396. The number of hydrogen-bond acceptors (Lipinski definition) is 7. The summed E-state index contributed by atoms with van der Waals surface area (Å²) in [6, 6.07) is 6.44. The molecule has 0 bridgehead atoms. The summed E-state index contributed by atoms with van der Waals surface area (Å²) in [5.41, 5.74) is 1.14. The van der Waals surface area contributed by atoms with Gasteiger partial charge in [0.2, 0.25) is 0 Å². The van der Waals surface area contributed by atoms with Gasteiger partial charge in [0.05, 0.1) is 17.8 Å². The summed E-state index contributed by atoms with van der Waals surface area (Å²) >= 11 is 1.50. The second-order valence-corrected chi connectivity index (χ2v) is 6.25. The summed E-state index contributed by atoms with van der Waals surface area (Å²) in [5.74, 6) is 0.0619. The zero-order valence-corrected chi connectivity index (χ0v) is 14.5. The Kier molecular flexibility index (Phi) is 4.95. The van der Waals surface area contributed by atoms with Gasteiger partial charge in [-0.25, -0.2) is 14.6 Å². The highest BCUT2D eigenvalue weighted by atomic mass is 32.1. The third-order valence-corrected chi connectivity index (χ3v) is 4.23. The Bertz CT molecular complexity index is 1000. The van der Waals surface area contributed by atoms with Gasteiger partial charge in [0.25, 0.3) is 0 Å². The number of hydrogen-bond donors (Lipinski definition) is 0. The van der Waals surface area contributed by atoms with Crippen LogP contribution in [0.5, 0.6) is 5.75 Å². The first kappa shape index (κ1) is 16.9. The van der Waals surface area contributed by atoms with Crippen LogP contribution in [0.2, 0.25) is 0 Å². The van der Waals surface area contributed by atoms with E-state index in [9.17, 15) is 9.59 Å². The molecule has 2 aromatic heterocycles. The van der Waals surface area contributed by atoms with Gasteiger partial charge in [-0.3, -0.25) is 0 Å². The molecule has 0 aliphatic carbocycles. The minimum absolute atomic E-state index is 0.0340. The topological polar surface area (TPSA) is 78.6 Å². The number of rotatable bonds is 5. The number of fused-ring (bicyclic) bond motifs is 1. The number of benzene rings is 1. The fraction of sp³-hybridized carbons (Fsp3) is 0.167. The Morgan fingerprint density at radius 3 is 2.92 bits per heavy atom. The first-order chi connectivity index (χ1) is 12.0. The minimum atomic E-state index is -0.514. The molecule has 0 aliphatic rings. The van der Waals surface area contributed by atoms with Gasteiger partial charge in [-0.15, -0.1) is 11.3 Å². The van der Waals surface area contributed by atoms with Gasteiger partial charge in [-0.2, -0.15) is 0 Å². The van der Waals surface area contributed by atoms with Crippen molar-refractivity contribution < 1.29 is 18.7 Å². The maximum Gasteiger partial charge on any atom is 0.336 e. The van der Waals surface area contributed by atoms with E-state index in [4.69, 9.17) is 13.9 Å². The molecule has 0 saturated heterocycles. The lowest BCUT2D eigenvalue weighted by molar-refractivity contribution is -0.138. The second-order valence-electron chi connectivity index (χ2n) is 5.19. The number of carbonyl (C=O) groups is 1. The van der Waals surface area contributed by atoms with E-state index in [0.717, 1.165) is 5.01 Å². The second kappa shape index (κ2) is 7.31. The van der Waals surface area contributed by atoms with Crippen molar-refractivity contribution in [3.63, 3.8) is 0 Å². The summed E-state index contributed by atoms with van der Waals surface area (Å²) in [4.78, 5) is 27.8. The Hall–Kier alpha value is -2.93. The molecular weight excluding hydrogens is 342 g/mol. The first-order valence-electron chi connectivity index (χ1n) is 7.43. The monoisotopic (exact) mass is 357 g/mol. The average molecular weight is 357 g/mol. The molecule has 0 unspecified atom stereocenters. The van der Waals surface area contributed by atoms with Gasteiger partial charge in [0.1, 0.15) is 17.9 Å². The molecule has 128 valence electrons. The van der Waals surface area contributed by atoms with Crippen LogP contribution in [0.4, 0.5) is 0 Å². The van der Waals surface area contributed by atoms with Crippen molar-refractivity contribution in [2.45, 2.75) is 13.5 Å². The number of nitrogens with zero attached hydrogens (tertiary/aromatic N) is 1. The first-order valence-corrected chi connectivity index (χ1v) is 8.31. The lowest BCUT2D eigenvalue weighted by atomic mass is 10.1. The zero-order valence-electron chi connectivity index (χ0n) is 13.6. The summed E-state index contributed by atoms with van der Waals surface area (Å²) in [7, 11) is 1.53. The molecule has 6 nitrogen and oxygen atoms in total. The predicted octanol–water partition coefficient (Wildman–Crippen LogP) is 3.32. The van der Waals surface area contributed by atoms with Crippen molar-refractivity contribution in [2.75, 3.05) is 7.11 Å². The SMILES string of the molecule is COc1ccc2c(COC(=O)/C=C/c3csc(C)n3)cc(=O)oc2c1. The normalized spacial score (nSPS) is 11.1. The van der Waals surface area contributed by atoms with Crippen LogP contribution in [0.3, 0.4) is 0 Å². The molecule has 0 fully saturated rings. The molecular formula is C18H15NO5S.